The van der Waals surface area contributed by atoms with Gasteiger partial charge in [-0.2, -0.15) is 0 Å². The lowest BCUT2D eigenvalue weighted by Gasteiger charge is -1.96. The van der Waals surface area contributed by atoms with Crippen molar-refractivity contribution in [1.82, 2.24) is 0 Å². The second-order valence-corrected chi connectivity index (χ2v) is 2.57. The number of halogens is 1. The van der Waals surface area contributed by atoms with Gasteiger partial charge in [0.15, 0.2) is 5.17 Å². The summed E-state index contributed by atoms with van der Waals surface area (Å²) in [6.45, 7) is 0.528. The first-order chi connectivity index (χ1) is 4.27. The van der Waals surface area contributed by atoms with Crippen LogP contribution in [0.25, 0.3) is 0 Å². The van der Waals surface area contributed by atoms with E-state index >= 15 is 0 Å². The zero-order valence-electron chi connectivity index (χ0n) is 5.50. The topological polar surface area (TPSA) is 85.1 Å². The molecule has 5 N–H and O–H groups in total. The van der Waals surface area contributed by atoms with Gasteiger partial charge in [-0.1, -0.05) is 11.8 Å². The van der Waals surface area contributed by atoms with Gasteiger partial charge in [-0.3, -0.25) is 5.41 Å². The molecular weight excluding hydrogens is 218 g/mol. The second kappa shape index (κ2) is 9.22. The van der Waals surface area contributed by atoms with E-state index in [1.54, 1.807) is 0 Å². The Morgan fingerprint density at radius 1 is 1.60 bits per heavy atom. The molecule has 0 aromatic rings. The van der Waals surface area contributed by atoms with Crippen LogP contribution in [0.4, 0.5) is 0 Å². The van der Waals surface area contributed by atoms with Crippen LogP contribution in [0.1, 0.15) is 6.42 Å². The number of nitrogens with one attached hydrogen (secondary N) is 1. The van der Waals surface area contributed by atoms with Gasteiger partial charge >= 0.3 is 0 Å². The average molecular weight is 230 g/mol. The fraction of sp³-hybridized carbons (Fsp3) is 0.750. The number of amidine groups is 1. The molecule has 0 heterocycles. The van der Waals surface area contributed by atoms with Gasteiger partial charge in [0.1, 0.15) is 0 Å². The van der Waals surface area contributed by atoms with Crippen molar-refractivity contribution in [3.8, 4) is 0 Å². The van der Waals surface area contributed by atoms with Crippen molar-refractivity contribution in [2.75, 3.05) is 12.4 Å². The van der Waals surface area contributed by atoms with Crippen LogP contribution in [0.5, 0.6) is 0 Å². The van der Waals surface area contributed by atoms with Gasteiger partial charge in [-0.25, -0.2) is 5.90 Å². The molecule has 6 heteroatoms. The van der Waals surface area contributed by atoms with Gasteiger partial charge in [0, 0.05) is 5.75 Å². The summed E-state index contributed by atoms with van der Waals surface area (Å²) in [5.74, 6) is 5.55. The Balaban J connectivity index is 0. The molecule has 0 saturated carbocycles. The molecule has 0 spiro atoms. The third kappa shape index (κ3) is 11.1. The van der Waals surface area contributed by atoms with E-state index in [2.05, 4.69) is 4.84 Å². The summed E-state index contributed by atoms with van der Waals surface area (Å²) in [6, 6.07) is 0. The quantitative estimate of drug-likeness (QED) is 0.283. The maximum Gasteiger partial charge on any atom is 0.151 e. The minimum absolute atomic E-state index is 0. The van der Waals surface area contributed by atoms with Crippen LogP contribution < -0.4 is 11.6 Å². The van der Waals surface area contributed by atoms with Gasteiger partial charge in [0.25, 0.3) is 0 Å². The highest BCUT2D eigenvalue weighted by molar-refractivity contribution is 8.93. The minimum Gasteiger partial charge on any atom is -0.379 e. The second-order valence-electron chi connectivity index (χ2n) is 1.44. The minimum atomic E-state index is 0. The first-order valence-electron chi connectivity index (χ1n) is 2.56. The first-order valence-corrected chi connectivity index (χ1v) is 3.54. The number of hydrogen-bond donors (Lipinski definition) is 3. The summed E-state index contributed by atoms with van der Waals surface area (Å²) in [6.07, 6.45) is 0.834. The number of rotatable bonds is 4. The molecule has 0 aromatic heterocycles. The van der Waals surface area contributed by atoms with E-state index in [1.165, 1.54) is 11.8 Å². The van der Waals surface area contributed by atoms with Crippen molar-refractivity contribution < 1.29 is 4.84 Å². The van der Waals surface area contributed by atoms with Gasteiger partial charge in [0.2, 0.25) is 0 Å². The van der Waals surface area contributed by atoms with Gasteiger partial charge < -0.3 is 10.6 Å². The Hall–Kier alpha value is 0.220. The molecule has 0 rings (SSSR count). The van der Waals surface area contributed by atoms with Crippen molar-refractivity contribution in [1.29, 1.82) is 5.41 Å². The predicted molar refractivity (Wildman–Crippen MR) is 49.5 cm³/mol. The predicted octanol–water partition coefficient (Wildman–Crippen LogP) is 0.471. The van der Waals surface area contributed by atoms with E-state index in [9.17, 15) is 0 Å². The van der Waals surface area contributed by atoms with Crippen LogP contribution >= 0.6 is 28.7 Å². The lowest BCUT2D eigenvalue weighted by atomic mass is 10.5. The Bertz CT molecular complexity index is 92.6. The zero-order chi connectivity index (χ0) is 7.11. The highest BCUT2D eigenvalue weighted by atomic mass is 79.9. The maximum absolute atomic E-state index is 6.80. The highest BCUT2D eigenvalue weighted by Crippen LogP contribution is 1.99. The van der Waals surface area contributed by atoms with Crippen molar-refractivity contribution in [2.45, 2.75) is 6.42 Å². The summed E-state index contributed by atoms with van der Waals surface area (Å²) in [5.41, 5.74) is 5.05. The van der Waals surface area contributed by atoms with Crippen molar-refractivity contribution >= 4 is 33.9 Å². The molecule has 10 heavy (non-hydrogen) atoms. The fourth-order valence-corrected chi connectivity index (χ4v) is 0.806. The molecule has 0 unspecified atom stereocenters. The van der Waals surface area contributed by atoms with Crippen molar-refractivity contribution in [3.63, 3.8) is 0 Å². The largest absolute Gasteiger partial charge is 0.379 e. The van der Waals surface area contributed by atoms with Crippen LogP contribution in [0.2, 0.25) is 0 Å². The van der Waals surface area contributed by atoms with Crippen molar-refractivity contribution in [3.05, 3.63) is 0 Å². The van der Waals surface area contributed by atoms with E-state index in [4.69, 9.17) is 17.0 Å². The first kappa shape index (κ1) is 12.9. The number of thioether (sulfide) groups is 1. The molecule has 0 bridgehead atoms. The van der Waals surface area contributed by atoms with E-state index < -0.39 is 0 Å². The molecule has 0 aromatic carbocycles. The van der Waals surface area contributed by atoms with E-state index in [-0.39, 0.29) is 22.1 Å². The van der Waals surface area contributed by atoms with E-state index in [0.29, 0.717) is 6.61 Å². The third-order valence-electron chi connectivity index (χ3n) is 0.664. The summed E-state index contributed by atoms with van der Waals surface area (Å²) in [4.78, 5) is 4.30. The van der Waals surface area contributed by atoms with Gasteiger partial charge in [-0.15, -0.1) is 17.0 Å². The summed E-state index contributed by atoms with van der Waals surface area (Å²) >= 11 is 1.30. The zero-order valence-corrected chi connectivity index (χ0v) is 8.03. The molecule has 4 nitrogen and oxygen atoms in total. The Kier molecular flexibility index (Phi) is 11.9. The fourth-order valence-electron chi connectivity index (χ4n) is 0.324. The summed E-state index contributed by atoms with van der Waals surface area (Å²) in [5, 5.41) is 6.94. The van der Waals surface area contributed by atoms with Gasteiger partial charge in [-0.05, 0) is 6.42 Å². The maximum atomic E-state index is 6.80. The van der Waals surface area contributed by atoms with Crippen LogP contribution in [0, 0.1) is 5.41 Å². The highest BCUT2D eigenvalue weighted by Gasteiger charge is 1.89. The molecule has 0 amide bonds. The SMILES string of the molecule is Br.N=C(N)SCCCON. The standard InChI is InChI=1S/C4H11N3OS.BrH/c5-4(6)9-3-1-2-8-7;/h1-3,7H2,(H3,5,6);1H. The number of nitrogens with two attached hydrogens (primary N) is 2. The molecule has 0 saturated heterocycles. The van der Waals surface area contributed by atoms with E-state index in [0.717, 1.165) is 12.2 Å². The van der Waals surface area contributed by atoms with Crippen LogP contribution in [-0.4, -0.2) is 17.5 Å². The lowest BCUT2D eigenvalue weighted by Crippen LogP contribution is -2.07. The average Bonchev–Trinajstić information content (AvgIpc) is 1.80. The molecule has 0 radical (unpaired) electrons. The number of hydrogen-bond acceptors (Lipinski definition) is 4. The monoisotopic (exact) mass is 229 g/mol. The normalized spacial score (nSPS) is 8.50. The van der Waals surface area contributed by atoms with Crippen LogP contribution in [-0.2, 0) is 4.84 Å². The molecule has 0 aliphatic carbocycles. The Labute approximate surface area is 74.9 Å². The Morgan fingerprint density at radius 2 is 2.20 bits per heavy atom. The molecule has 0 atom stereocenters. The lowest BCUT2D eigenvalue weighted by molar-refractivity contribution is 0.139. The van der Waals surface area contributed by atoms with E-state index in [1.807, 2.05) is 0 Å². The summed E-state index contributed by atoms with van der Waals surface area (Å²) < 4.78 is 0. The molecular formula is C4H12BrN3OS. The molecule has 0 aliphatic heterocycles. The molecule has 0 aliphatic rings. The van der Waals surface area contributed by atoms with Crippen LogP contribution in [0.3, 0.4) is 0 Å². The van der Waals surface area contributed by atoms with Crippen LogP contribution in [0.15, 0.2) is 0 Å². The molecule has 0 fully saturated rings. The third-order valence-corrected chi connectivity index (χ3v) is 1.47. The summed E-state index contributed by atoms with van der Waals surface area (Å²) in [7, 11) is 0. The van der Waals surface area contributed by atoms with Crippen molar-refractivity contribution in [2.24, 2.45) is 11.6 Å². The molecule has 62 valence electrons. The Morgan fingerprint density at radius 3 is 2.60 bits per heavy atom. The van der Waals surface area contributed by atoms with Gasteiger partial charge in [0.05, 0.1) is 6.61 Å². The smallest absolute Gasteiger partial charge is 0.151 e.